The van der Waals surface area contributed by atoms with Crippen molar-refractivity contribution in [2.75, 3.05) is 0 Å². The summed E-state index contributed by atoms with van der Waals surface area (Å²) in [5.74, 6) is 1.59. The van der Waals surface area contributed by atoms with Crippen LogP contribution in [0.4, 0.5) is 0 Å². The van der Waals surface area contributed by atoms with E-state index in [1.807, 2.05) is 31.2 Å². The lowest BCUT2D eigenvalue weighted by atomic mass is 9.90. The molecule has 2 N–H and O–H groups in total. The van der Waals surface area contributed by atoms with E-state index < -0.39 is 0 Å². The van der Waals surface area contributed by atoms with E-state index in [0.29, 0.717) is 18.8 Å². The van der Waals surface area contributed by atoms with E-state index in [9.17, 15) is 4.79 Å². The third-order valence-corrected chi connectivity index (χ3v) is 3.40. The Bertz CT molecular complexity index is 623. The lowest BCUT2D eigenvalue weighted by Crippen LogP contribution is -2.24. The van der Waals surface area contributed by atoms with Gasteiger partial charge in [-0.05, 0) is 24.3 Å². The summed E-state index contributed by atoms with van der Waals surface area (Å²) in [6.45, 7) is 8.85. The fourth-order valence-corrected chi connectivity index (χ4v) is 2.02. The maximum atomic E-state index is 11.8. The molecule has 0 saturated heterocycles. The van der Waals surface area contributed by atoms with Gasteiger partial charge in [0.25, 0.3) is 0 Å². The average Bonchev–Trinajstić information content (AvgIpc) is 2.89. The zero-order valence-corrected chi connectivity index (χ0v) is 13.7. The third kappa shape index (κ3) is 4.98. The number of rotatable bonds is 5. The molecule has 0 aliphatic carbocycles. The standard InChI is InChI=1S/C17H24N4O/c1-12-19-16(21-20-12)14-7-5-13(6-8-14)11-18-15(22)9-10-17(2,3)4/h5-8H,9-11H2,1-4H3,(H,18,22)(H,19,20,21). The molecule has 0 aliphatic heterocycles. The second-order valence-electron chi connectivity index (χ2n) is 6.78. The lowest BCUT2D eigenvalue weighted by molar-refractivity contribution is -0.121. The van der Waals surface area contributed by atoms with Gasteiger partial charge in [0.15, 0.2) is 5.82 Å². The summed E-state index contributed by atoms with van der Waals surface area (Å²) in [5, 5.41) is 9.92. The third-order valence-electron chi connectivity index (χ3n) is 3.40. The first-order valence-corrected chi connectivity index (χ1v) is 7.58. The Morgan fingerprint density at radius 1 is 1.23 bits per heavy atom. The van der Waals surface area contributed by atoms with Gasteiger partial charge in [-0.15, -0.1) is 0 Å². The molecule has 1 heterocycles. The van der Waals surface area contributed by atoms with Gasteiger partial charge in [0.2, 0.25) is 5.91 Å². The Morgan fingerprint density at radius 3 is 2.45 bits per heavy atom. The first-order chi connectivity index (χ1) is 10.3. The van der Waals surface area contributed by atoms with Gasteiger partial charge < -0.3 is 5.32 Å². The van der Waals surface area contributed by atoms with Crippen LogP contribution < -0.4 is 5.32 Å². The fraction of sp³-hybridized carbons (Fsp3) is 0.471. The normalized spacial score (nSPS) is 11.5. The smallest absolute Gasteiger partial charge is 0.220 e. The number of hydrogen-bond donors (Lipinski definition) is 2. The Morgan fingerprint density at radius 2 is 1.91 bits per heavy atom. The van der Waals surface area contributed by atoms with E-state index in [2.05, 4.69) is 41.3 Å². The van der Waals surface area contributed by atoms with Crippen molar-refractivity contribution in [2.45, 2.75) is 47.1 Å². The molecule has 5 heteroatoms. The van der Waals surface area contributed by atoms with E-state index in [1.165, 1.54) is 0 Å². The van der Waals surface area contributed by atoms with Gasteiger partial charge in [0, 0.05) is 18.5 Å². The molecular weight excluding hydrogens is 276 g/mol. The van der Waals surface area contributed by atoms with Crippen LogP contribution in [0.25, 0.3) is 11.4 Å². The molecule has 0 radical (unpaired) electrons. The predicted octanol–water partition coefficient (Wildman–Crippen LogP) is 3.22. The number of nitrogens with one attached hydrogen (secondary N) is 2. The molecule has 2 rings (SSSR count). The SMILES string of the molecule is Cc1nc(-c2ccc(CNC(=O)CCC(C)(C)C)cc2)n[nH]1. The van der Waals surface area contributed by atoms with Crippen LogP contribution in [-0.4, -0.2) is 21.1 Å². The van der Waals surface area contributed by atoms with Crippen LogP contribution in [0.15, 0.2) is 24.3 Å². The molecule has 0 fully saturated rings. The number of carbonyl (C=O) groups excluding carboxylic acids is 1. The largest absolute Gasteiger partial charge is 0.352 e. The van der Waals surface area contributed by atoms with Crippen LogP contribution in [0.1, 0.15) is 45.0 Å². The Balaban J connectivity index is 1.85. The van der Waals surface area contributed by atoms with E-state index in [0.717, 1.165) is 23.4 Å². The van der Waals surface area contributed by atoms with Crippen molar-refractivity contribution in [3.8, 4) is 11.4 Å². The lowest BCUT2D eigenvalue weighted by Gasteiger charge is -2.17. The Labute approximate surface area is 131 Å². The zero-order valence-electron chi connectivity index (χ0n) is 13.7. The van der Waals surface area contributed by atoms with Crippen molar-refractivity contribution < 1.29 is 4.79 Å². The molecule has 22 heavy (non-hydrogen) atoms. The molecule has 118 valence electrons. The number of H-pyrrole nitrogens is 1. The van der Waals surface area contributed by atoms with Gasteiger partial charge in [0.1, 0.15) is 5.82 Å². The molecule has 0 unspecified atom stereocenters. The highest BCUT2D eigenvalue weighted by atomic mass is 16.1. The highest BCUT2D eigenvalue weighted by Gasteiger charge is 2.12. The molecule has 2 aromatic rings. The number of benzene rings is 1. The minimum atomic E-state index is 0.101. The van der Waals surface area contributed by atoms with E-state index in [4.69, 9.17) is 0 Å². The van der Waals surface area contributed by atoms with E-state index >= 15 is 0 Å². The summed E-state index contributed by atoms with van der Waals surface area (Å²) in [5.41, 5.74) is 2.22. The molecule has 1 amide bonds. The number of amides is 1. The van der Waals surface area contributed by atoms with Crippen LogP contribution in [0.5, 0.6) is 0 Å². The molecule has 0 spiro atoms. The highest BCUT2D eigenvalue weighted by molar-refractivity contribution is 5.75. The summed E-state index contributed by atoms with van der Waals surface area (Å²) in [7, 11) is 0. The number of nitrogens with zero attached hydrogens (tertiary/aromatic N) is 2. The van der Waals surface area contributed by atoms with Gasteiger partial charge in [-0.25, -0.2) is 4.98 Å². The van der Waals surface area contributed by atoms with Crippen molar-refractivity contribution >= 4 is 5.91 Å². The van der Waals surface area contributed by atoms with Crippen LogP contribution in [0.2, 0.25) is 0 Å². The van der Waals surface area contributed by atoms with E-state index in [1.54, 1.807) is 0 Å². The first kappa shape index (κ1) is 16.2. The van der Waals surface area contributed by atoms with Crippen molar-refractivity contribution in [3.05, 3.63) is 35.7 Å². The summed E-state index contributed by atoms with van der Waals surface area (Å²) < 4.78 is 0. The molecule has 0 bridgehead atoms. The predicted molar refractivity (Wildman–Crippen MR) is 87.1 cm³/mol. The summed E-state index contributed by atoms with van der Waals surface area (Å²) in [6, 6.07) is 7.93. The number of aromatic amines is 1. The maximum absolute atomic E-state index is 11.8. The van der Waals surface area contributed by atoms with Gasteiger partial charge in [-0.1, -0.05) is 45.0 Å². The molecular formula is C17H24N4O. The Kier molecular flexibility index (Phi) is 4.96. The Hall–Kier alpha value is -2.17. The monoisotopic (exact) mass is 300 g/mol. The number of aryl methyl sites for hydroxylation is 1. The van der Waals surface area contributed by atoms with Gasteiger partial charge in [-0.3, -0.25) is 9.89 Å². The number of hydrogen-bond acceptors (Lipinski definition) is 3. The second-order valence-corrected chi connectivity index (χ2v) is 6.78. The number of aromatic nitrogens is 3. The van der Waals surface area contributed by atoms with Crippen LogP contribution in [0, 0.1) is 12.3 Å². The average molecular weight is 300 g/mol. The zero-order chi connectivity index (χ0) is 16.2. The van der Waals surface area contributed by atoms with Crippen LogP contribution >= 0.6 is 0 Å². The van der Waals surface area contributed by atoms with Crippen LogP contribution in [0.3, 0.4) is 0 Å². The minimum absolute atomic E-state index is 0.101. The molecule has 0 aliphatic rings. The van der Waals surface area contributed by atoms with Crippen molar-refractivity contribution in [1.29, 1.82) is 0 Å². The molecule has 1 aromatic carbocycles. The minimum Gasteiger partial charge on any atom is -0.352 e. The molecule has 0 atom stereocenters. The molecule has 1 aromatic heterocycles. The summed E-state index contributed by atoms with van der Waals surface area (Å²) in [4.78, 5) is 16.1. The molecule has 5 nitrogen and oxygen atoms in total. The van der Waals surface area contributed by atoms with Crippen molar-refractivity contribution in [1.82, 2.24) is 20.5 Å². The van der Waals surface area contributed by atoms with Crippen LogP contribution in [-0.2, 0) is 11.3 Å². The van der Waals surface area contributed by atoms with Gasteiger partial charge in [0.05, 0.1) is 0 Å². The number of carbonyl (C=O) groups is 1. The summed E-state index contributed by atoms with van der Waals surface area (Å²) in [6.07, 6.45) is 1.46. The van der Waals surface area contributed by atoms with Crippen molar-refractivity contribution in [2.24, 2.45) is 5.41 Å². The highest BCUT2D eigenvalue weighted by Crippen LogP contribution is 2.20. The quantitative estimate of drug-likeness (QED) is 0.890. The summed E-state index contributed by atoms with van der Waals surface area (Å²) >= 11 is 0. The van der Waals surface area contributed by atoms with E-state index in [-0.39, 0.29) is 11.3 Å². The van der Waals surface area contributed by atoms with Gasteiger partial charge in [-0.2, -0.15) is 5.10 Å². The second kappa shape index (κ2) is 6.73. The topological polar surface area (TPSA) is 70.7 Å². The molecule has 0 saturated carbocycles. The first-order valence-electron chi connectivity index (χ1n) is 7.58. The maximum Gasteiger partial charge on any atom is 0.220 e. The van der Waals surface area contributed by atoms with Gasteiger partial charge >= 0.3 is 0 Å². The van der Waals surface area contributed by atoms with Crippen molar-refractivity contribution in [3.63, 3.8) is 0 Å². The fourth-order valence-electron chi connectivity index (χ4n) is 2.02.